The maximum atomic E-state index is 11.0. The number of Topliss-reactive ketones (excluding diaryl/α,β-unsaturated/α-hetero) is 1. The summed E-state index contributed by atoms with van der Waals surface area (Å²) in [4.78, 5) is 11.0. The molecule has 0 unspecified atom stereocenters. The van der Waals surface area contributed by atoms with Crippen molar-refractivity contribution in [3.05, 3.63) is 12.2 Å². The average Bonchev–Trinajstić information content (AvgIpc) is 1.79. The molecule has 0 spiro atoms. The van der Waals surface area contributed by atoms with E-state index in [1.54, 1.807) is 0 Å². The zero-order chi connectivity index (χ0) is 7.78. The van der Waals surface area contributed by atoms with Crippen LogP contribution in [-0.2, 0) is 9.53 Å². The Hall–Kier alpha value is -0.630. The second-order valence-corrected chi connectivity index (χ2v) is 3.25. The van der Waals surface area contributed by atoms with Crippen LogP contribution in [0.1, 0.15) is 20.3 Å². The number of carbonyl (C=O) groups excluding carboxylic acids is 1. The van der Waals surface area contributed by atoms with Gasteiger partial charge in [0.2, 0.25) is 0 Å². The Labute approximate surface area is 60.9 Å². The van der Waals surface area contributed by atoms with Crippen LogP contribution < -0.4 is 0 Å². The van der Waals surface area contributed by atoms with E-state index in [4.69, 9.17) is 4.74 Å². The normalized spacial score (nSPS) is 25.0. The Morgan fingerprint density at radius 1 is 1.60 bits per heavy atom. The summed E-state index contributed by atoms with van der Waals surface area (Å²) in [7, 11) is 0. The van der Waals surface area contributed by atoms with Crippen LogP contribution in [0.4, 0.5) is 0 Å². The van der Waals surface area contributed by atoms with Gasteiger partial charge >= 0.3 is 0 Å². The third-order valence-electron chi connectivity index (χ3n) is 1.62. The Morgan fingerprint density at radius 2 is 2.20 bits per heavy atom. The fourth-order valence-electron chi connectivity index (χ4n) is 0.926. The van der Waals surface area contributed by atoms with Crippen LogP contribution >= 0.6 is 0 Å². The molecule has 2 heteroatoms. The predicted octanol–water partition coefficient (Wildman–Crippen LogP) is 1.31. The highest BCUT2D eigenvalue weighted by molar-refractivity contribution is 5.96. The summed E-state index contributed by atoms with van der Waals surface area (Å²) in [5.74, 6) is 0.135. The van der Waals surface area contributed by atoms with E-state index in [1.807, 2.05) is 13.8 Å². The molecule has 0 aromatic rings. The summed E-state index contributed by atoms with van der Waals surface area (Å²) in [6.07, 6.45) is 0.464. The second-order valence-electron chi connectivity index (χ2n) is 3.25. The lowest BCUT2D eigenvalue weighted by Gasteiger charge is -2.29. The molecule has 1 saturated heterocycles. The van der Waals surface area contributed by atoms with Gasteiger partial charge in [0, 0.05) is 12.0 Å². The van der Waals surface area contributed by atoms with Crippen LogP contribution in [0.25, 0.3) is 0 Å². The van der Waals surface area contributed by atoms with Gasteiger partial charge in [0.15, 0.2) is 5.78 Å². The second kappa shape index (κ2) is 2.20. The van der Waals surface area contributed by atoms with Gasteiger partial charge in [-0.3, -0.25) is 4.79 Å². The summed E-state index contributed by atoms with van der Waals surface area (Å²) < 4.78 is 5.33. The number of ether oxygens (including phenoxy) is 1. The van der Waals surface area contributed by atoms with E-state index in [1.165, 1.54) is 0 Å². The summed E-state index contributed by atoms with van der Waals surface area (Å²) in [6, 6.07) is 0. The summed E-state index contributed by atoms with van der Waals surface area (Å²) in [5.41, 5.74) is 0.317. The molecule has 56 valence electrons. The van der Waals surface area contributed by atoms with E-state index >= 15 is 0 Å². The minimum absolute atomic E-state index is 0.135. The van der Waals surface area contributed by atoms with Gasteiger partial charge in [0.1, 0.15) is 0 Å². The van der Waals surface area contributed by atoms with E-state index < -0.39 is 0 Å². The third kappa shape index (κ3) is 1.45. The van der Waals surface area contributed by atoms with E-state index in [9.17, 15) is 4.79 Å². The lowest BCUT2D eigenvalue weighted by molar-refractivity contribution is -0.127. The molecule has 0 aromatic carbocycles. The highest BCUT2D eigenvalue weighted by atomic mass is 16.5. The molecular formula is C8H12O2. The van der Waals surface area contributed by atoms with Gasteiger partial charge < -0.3 is 4.74 Å². The van der Waals surface area contributed by atoms with E-state index in [0.717, 1.165) is 0 Å². The highest BCUT2D eigenvalue weighted by Crippen LogP contribution is 2.22. The third-order valence-corrected chi connectivity index (χ3v) is 1.62. The van der Waals surface area contributed by atoms with Crippen LogP contribution in [0.2, 0.25) is 0 Å². The lowest BCUT2D eigenvalue weighted by atomic mass is 9.95. The van der Waals surface area contributed by atoms with Crippen molar-refractivity contribution in [2.45, 2.75) is 25.9 Å². The van der Waals surface area contributed by atoms with Gasteiger partial charge in [-0.25, -0.2) is 0 Å². The molecular weight excluding hydrogens is 128 g/mol. The predicted molar refractivity (Wildman–Crippen MR) is 38.8 cm³/mol. The monoisotopic (exact) mass is 140 g/mol. The van der Waals surface area contributed by atoms with E-state index in [-0.39, 0.29) is 11.4 Å². The van der Waals surface area contributed by atoms with Crippen molar-refractivity contribution in [3.8, 4) is 0 Å². The molecule has 0 N–H and O–H groups in total. The van der Waals surface area contributed by atoms with E-state index in [0.29, 0.717) is 18.6 Å². The first kappa shape index (κ1) is 7.48. The van der Waals surface area contributed by atoms with Crippen molar-refractivity contribution in [3.63, 3.8) is 0 Å². The maximum Gasteiger partial charge on any atom is 0.163 e. The van der Waals surface area contributed by atoms with Crippen LogP contribution in [0.5, 0.6) is 0 Å². The Kier molecular flexibility index (Phi) is 1.65. The fraction of sp³-hybridized carbons (Fsp3) is 0.625. The summed E-state index contributed by atoms with van der Waals surface area (Å²) in [5, 5.41) is 0. The maximum absolute atomic E-state index is 11.0. The van der Waals surface area contributed by atoms with Crippen molar-refractivity contribution in [1.82, 2.24) is 0 Å². The molecule has 1 aliphatic heterocycles. The Balaban J connectivity index is 2.66. The number of carbonyl (C=O) groups is 1. The SMILES string of the molecule is C=C1COC(C)(C)CC1=O. The summed E-state index contributed by atoms with van der Waals surface area (Å²) in [6.45, 7) is 7.81. The molecule has 1 fully saturated rings. The molecule has 0 amide bonds. The molecule has 0 aromatic heterocycles. The van der Waals surface area contributed by atoms with Gasteiger partial charge in [-0.15, -0.1) is 0 Å². The molecule has 0 atom stereocenters. The Bertz CT molecular complexity index is 180. The summed E-state index contributed by atoms with van der Waals surface area (Å²) >= 11 is 0. The number of hydrogen-bond acceptors (Lipinski definition) is 2. The molecule has 1 rings (SSSR count). The number of rotatable bonds is 0. The zero-order valence-corrected chi connectivity index (χ0v) is 6.44. The van der Waals surface area contributed by atoms with Crippen LogP contribution in [0, 0.1) is 0 Å². The molecule has 1 heterocycles. The zero-order valence-electron chi connectivity index (χ0n) is 6.44. The number of hydrogen-bond donors (Lipinski definition) is 0. The molecule has 0 saturated carbocycles. The first-order chi connectivity index (χ1) is 4.51. The van der Waals surface area contributed by atoms with Crippen molar-refractivity contribution < 1.29 is 9.53 Å². The van der Waals surface area contributed by atoms with Crippen LogP contribution in [-0.4, -0.2) is 18.0 Å². The minimum Gasteiger partial charge on any atom is -0.370 e. The van der Waals surface area contributed by atoms with Gasteiger partial charge in [0.05, 0.1) is 12.2 Å². The minimum atomic E-state index is -0.279. The van der Waals surface area contributed by atoms with Gasteiger partial charge in [-0.05, 0) is 13.8 Å². The molecule has 0 radical (unpaired) electrons. The molecule has 10 heavy (non-hydrogen) atoms. The molecule has 0 bridgehead atoms. The van der Waals surface area contributed by atoms with Gasteiger partial charge in [-0.2, -0.15) is 0 Å². The average molecular weight is 140 g/mol. The topological polar surface area (TPSA) is 26.3 Å². The lowest BCUT2D eigenvalue weighted by Crippen LogP contribution is -2.35. The fourth-order valence-corrected chi connectivity index (χ4v) is 0.926. The molecule has 1 aliphatic rings. The standard InChI is InChI=1S/C8H12O2/c1-6-5-10-8(2,3)4-7(6)9/h1,4-5H2,2-3H3. The number of ketones is 1. The first-order valence-electron chi connectivity index (χ1n) is 3.36. The van der Waals surface area contributed by atoms with Crippen molar-refractivity contribution in [1.29, 1.82) is 0 Å². The van der Waals surface area contributed by atoms with Crippen LogP contribution in [0.15, 0.2) is 12.2 Å². The quantitative estimate of drug-likeness (QED) is 0.474. The van der Waals surface area contributed by atoms with Crippen molar-refractivity contribution in [2.24, 2.45) is 0 Å². The molecule has 0 aliphatic carbocycles. The highest BCUT2D eigenvalue weighted by Gasteiger charge is 2.29. The van der Waals surface area contributed by atoms with Crippen molar-refractivity contribution >= 4 is 5.78 Å². The smallest absolute Gasteiger partial charge is 0.163 e. The largest absolute Gasteiger partial charge is 0.370 e. The van der Waals surface area contributed by atoms with Crippen LogP contribution in [0.3, 0.4) is 0 Å². The van der Waals surface area contributed by atoms with E-state index in [2.05, 4.69) is 6.58 Å². The Morgan fingerprint density at radius 3 is 2.60 bits per heavy atom. The van der Waals surface area contributed by atoms with Gasteiger partial charge in [-0.1, -0.05) is 6.58 Å². The molecule has 2 nitrogen and oxygen atoms in total. The first-order valence-corrected chi connectivity index (χ1v) is 3.36. The van der Waals surface area contributed by atoms with Crippen molar-refractivity contribution in [2.75, 3.05) is 6.61 Å². The van der Waals surface area contributed by atoms with Gasteiger partial charge in [0.25, 0.3) is 0 Å².